The van der Waals surface area contributed by atoms with Crippen LogP contribution in [0.4, 0.5) is 11.4 Å². The molecule has 4 rings (SSSR count). The number of anilines is 2. The van der Waals surface area contributed by atoms with Gasteiger partial charge in [-0.05, 0) is 72.9 Å². The number of halogens is 2. The van der Waals surface area contributed by atoms with E-state index in [-0.39, 0.29) is 11.5 Å². The maximum atomic E-state index is 13.4. The standard InChI is InChI=1S/C24H18BrClN4O3S/c25-16-6-10-18(11-7-16)27-21(31)14-20-23(33)29(19-12-8-17(26)9-13-19)24(34)30(20)28-22(32)15-4-2-1-3-5-15/h1-13,20H,14H2,(H,27,31)(H,28,32). The number of rotatable bonds is 6. The fourth-order valence-electron chi connectivity index (χ4n) is 3.41. The monoisotopic (exact) mass is 556 g/mol. The summed E-state index contributed by atoms with van der Waals surface area (Å²) in [6.07, 6.45) is -0.228. The fraction of sp³-hybridized carbons (Fsp3) is 0.0833. The molecule has 3 aromatic rings. The molecule has 2 N–H and O–H groups in total. The molecule has 7 nitrogen and oxygen atoms in total. The van der Waals surface area contributed by atoms with E-state index in [1.807, 2.05) is 0 Å². The van der Waals surface area contributed by atoms with Crippen LogP contribution in [0.2, 0.25) is 5.02 Å². The minimum atomic E-state index is -1.04. The van der Waals surface area contributed by atoms with Crippen molar-refractivity contribution in [1.82, 2.24) is 10.4 Å². The van der Waals surface area contributed by atoms with Gasteiger partial charge in [0.05, 0.1) is 12.1 Å². The van der Waals surface area contributed by atoms with Crippen LogP contribution in [-0.4, -0.2) is 33.9 Å². The highest BCUT2D eigenvalue weighted by Gasteiger charge is 2.45. The predicted molar refractivity (Wildman–Crippen MR) is 138 cm³/mol. The maximum absolute atomic E-state index is 13.4. The molecule has 3 amide bonds. The number of hydrazine groups is 1. The molecule has 1 fully saturated rings. The average Bonchev–Trinajstić information content (AvgIpc) is 3.05. The lowest BCUT2D eigenvalue weighted by atomic mass is 10.1. The predicted octanol–water partition coefficient (Wildman–Crippen LogP) is 4.78. The molecule has 0 spiro atoms. The maximum Gasteiger partial charge on any atom is 0.269 e. The summed E-state index contributed by atoms with van der Waals surface area (Å²) in [4.78, 5) is 40.3. The number of hydrogen-bond donors (Lipinski definition) is 2. The van der Waals surface area contributed by atoms with Crippen LogP contribution < -0.4 is 15.6 Å². The van der Waals surface area contributed by atoms with Gasteiger partial charge in [-0.15, -0.1) is 0 Å². The van der Waals surface area contributed by atoms with E-state index >= 15 is 0 Å². The van der Waals surface area contributed by atoms with Crippen LogP contribution in [0.15, 0.2) is 83.3 Å². The molecule has 1 aliphatic rings. The van der Waals surface area contributed by atoms with Crippen molar-refractivity contribution in [3.05, 3.63) is 93.9 Å². The molecule has 0 aliphatic carbocycles. The van der Waals surface area contributed by atoms with Crippen molar-refractivity contribution in [2.75, 3.05) is 10.2 Å². The molecular weight excluding hydrogens is 540 g/mol. The average molecular weight is 558 g/mol. The smallest absolute Gasteiger partial charge is 0.269 e. The first kappa shape index (κ1) is 23.9. The van der Waals surface area contributed by atoms with Gasteiger partial charge in [-0.1, -0.05) is 45.7 Å². The lowest BCUT2D eigenvalue weighted by molar-refractivity contribution is -0.124. The van der Waals surface area contributed by atoms with E-state index < -0.39 is 23.8 Å². The summed E-state index contributed by atoms with van der Waals surface area (Å²) < 4.78 is 0.871. The Morgan fingerprint density at radius 3 is 2.26 bits per heavy atom. The van der Waals surface area contributed by atoms with Gasteiger partial charge in [0, 0.05) is 20.7 Å². The first-order chi connectivity index (χ1) is 16.3. The van der Waals surface area contributed by atoms with Crippen molar-refractivity contribution < 1.29 is 14.4 Å². The Morgan fingerprint density at radius 1 is 0.971 bits per heavy atom. The number of benzene rings is 3. The molecule has 0 aromatic heterocycles. The van der Waals surface area contributed by atoms with Crippen molar-refractivity contribution in [3.8, 4) is 0 Å². The summed E-state index contributed by atoms with van der Waals surface area (Å²) in [5.41, 5.74) is 4.14. The third kappa shape index (κ3) is 5.27. The van der Waals surface area contributed by atoms with E-state index in [1.165, 1.54) is 9.91 Å². The van der Waals surface area contributed by atoms with E-state index in [0.29, 0.717) is 22.0 Å². The molecule has 1 saturated heterocycles. The minimum absolute atomic E-state index is 0.0537. The largest absolute Gasteiger partial charge is 0.326 e. The highest BCUT2D eigenvalue weighted by molar-refractivity contribution is 9.10. The van der Waals surface area contributed by atoms with Crippen LogP contribution >= 0.6 is 39.7 Å². The molecule has 172 valence electrons. The second kappa shape index (κ2) is 10.3. The molecule has 0 bridgehead atoms. The van der Waals surface area contributed by atoms with Crippen LogP contribution in [0.1, 0.15) is 16.8 Å². The first-order valence-electron chi connectivity index (χ1n) is 10.2. The number of carbonyl (C=O) groups is 3. The van der Waals surface area contributed by atoms with Gasteiger partial charge in [0.15, 0.2) is 0 Å². The Labute approximate surface area is 214 Å². The summed E-state index contributed by atoms with van der Waals surface area (Å²) in [5.74, 6) is -1.29. The van der Waals surface area contributed by atoms with E-state index in [2.05, 4.69) is 26.7 Å². The number of hydrogen-bond acceptors (Lipinski definition) is 4. The topological polar surface area (TPSA) is 81.8 Å². The van der Waals surface area contributed by atoms with Crippen molar-refractivity contribution in [2.24, 2.45) is 0 Å². The van der Waals surface area contributed by atoms with Crippen molar-refractivity contribution in [3.63, 3.8) is 0 Å². The number of nitrogens with one attached hydrogen (secondary N) is 2. The van der Waals surface area contributed by atoms with Crippen molar-refractivity contribution >= 4 is 74.0 Å². The Kier molecular flexibility index (Phi) is 7.26. The van der Waals surface area contributed by atoms with Crippen LogP contribution in [0.25, 0.3) is 0 Å². The Morgan fingerprint density at radius 2 is 1.62 bits per heavy atom. The van der Waals surface area contributed by atoms with E-state index in [0.717, 1.165) is 4.47 Å². The van der Waals surface area contributed by atoms with Gasteiger partial charge in [-0.3, -0.25) is 24.7 Å². The van der Waals surface area contributed by atoms with Gasteiger partial charge in [0.1, 0.15) is 6.04 Å². The van der Waals surface area contributed by atoms with Crippen LogP contribution in [0.3, 0.4) is 0 Å². The number of amides is 3. The van der Waals surface area contributed by atoms with Gasteiger partial charge in [-0.25, -0.2) is 5.01 Å². The Hall–Kier alpha value is -3.27. The Bertz CT molecular complexity index is 1240. The van der Waals surface area contributed by atoms with E-state index in [9.17, 15) is 14.4 Å². The zero-order chi connectivity index (χ0) is 24.2. The first-order valence-corrected chi connectivity index (χ1v) is 11.8. The molecule has 1 heterocycles. The highest BCUT2D eigenvalue weighted by atomic mass is 79.9. The lowest BCUT2D eigenvalue weighted by Gasteiger charge is -2.24. The van der Waals surface area contributed by atoms with Gasteiger partial charge in [-0.2, -0.15) is 0 Å². The molecule has 1 unspecified atom stereocenters. The Balaban J connectivity index is 1.59. The lowest BCUT2D eigenvalue weighted by Crippen LogP contribution is -2.49. The number of carbonyl (C=O) groups excluding carboxylic acids is 3. The summed E-state index contributed by atoms with van der Waals surface area (Å²) in [6, 6.07) is 21.1. The molecule has 1 atom stereocenters. The van der Waals surface area contributed by atoms with Gasteiger partial charge < -0.3 is 5.32 Å². The molecule has 34 heavy (non-hydrogen) atoms. The van der Waals surface area contributed by atoms with Gasteiger partial charge in [0.2, 0.25) is 11.0 Å². The molecular formula is C24H18BrClN4O3S. The second-order valence-electron chi connectivity index (χ2n) is 7.38. The van der Waals surface area contributed by atoms with Crippen molar-refractivity contribution in [2.45, 2.75) is 12.5 Å². The van der Waals surface area contributed by atoms with Crippen LogP contribution in [-0.2, 0) is 9.59 Å². The quantitative estimate of drug-likeness (QED) is 0.427. The molecule has 3 aromatic carbocycles. The van der Waals surface area contributed by atoms with E-state index in [4.69, 9.17) is 23.8 Å². The third-order valence-electron chi connectivity index (χ3n) is 5.06. The van der Waals surface area contributed by atoms with E-state index in [1.54, 1.807) is 78.9 Å². The van der Waals surface area contributed by atoms with Crippen LogP contribution in [0, 0.1) is 0 Å². The molecule has 0 saturated carbocycles. The summed E-state index contributed by atoms with van der Waals surface area (Å²) in [6.45, 7) is 0. The second-order valence-corrected chi connectivity index (χ2v) is 9.10. The van der Waals surface area contributed by atoms with Crippen molar-refractivity contribution in [1.29, 1.82) is 0 Å². The summed E-state index contributed by atoms with van der Waals surface area (Å²) in [5, 5.41) is 4.59. The van der Waals surface area contributed by atoms with Gasteiger partial charge in [0.25, 0.3) is 11.8 Å². The molecule has 1 aliphatic heterocycles. The summed E-state index contributed by atoms with van der Waals surface area (Å²) >= 11 is 14.9. The third-order valence-corrected chi connectivity index (χ3v) is 6.22. The molecule has 0 radical (unpaired) electrons. The number of thiocarbonyl (C=S) groups is 1. The fourth-order valence-corrected chi connectivity index (χ4v) is 4.17. The normalized spacial score (nSPS) is 15.4. The minimum Gasteiger partial charge on any atom is -0.326 e. The summed E-state index contributed by atoms with van der Waals surface area (Å²) in [7, 11) is 0. The molecule has 10 heteroatoms. The van der Waals surface area contributed by atoms with Gasteiger partial charge >= 0.3 is 0 Å². The zero-order valence-corrected chi connectivity index (χ0v) is 20.7. The zero-order valence-electron chi connectivity index (χ0n) is 17.6. The SMILES string of the molecule is O=C(CC1C(=O)N(c2ccc(Cl)cc2)C(=S)N1NC(=O)c1ccccc1)Nc1ccc(Br)cc1. The van der Waals surface area contributed by atoms with Crippen LogP contribution in [0.5, 0.6) is 0 Å². The number of nitrogens with zero attached hydrogens (tertiary/aromatic N) is 2. The highest BCUT2D eigenvalue weighted by Crippen LogP contribution is 2.27.